The highest BCUT2D eigenvalue weighted by atomic mass is 16.5. The molecule has 0 saturated heterocycles. The molecule has 0 aliphatic heterocycles. The number of rotatable bonds is 8. The molecule has 21 heavy (non-hydrogen) atoms. The molecule has 0 heterocycles. The minimum Gasteiger partial charge on any atom is -0.381 e. The molecule has 122 valence electrons. The van der Waals surface area contributed by atoms with Gasteiger partial charge in [-0.2, -0.15) is 0 Å². The first-order valence-corrected chi connectivity index (χ1v) is 9.52. The zero-order valence-electron chi connectivity index (χ0n) is 14.2. The second-order valence-corrected chi connectivity index (χ2v) is 7.50. The molecule has 2 fully saturated rings. The van der Waals surface area contributed by atoms with E-state index in [4.69, 9.17) is 4.74 Å². The molecule has 1 heteroatoms. The van der Waals surface area contributed by atoms with Crippen LogP contribution in [-0.2, 0) is 4.74 Å². The standard InChI is InChI=1S/C20H36O/c1-3-5-6-17-7-11-19(12-8-17)20-13-9-18(10-14-20)16-21-15-4-2/h3,17-20H,1,4-16H2,2H3/t17-,18-,19-,20-. The largest absolute Gasteiger partial charge is 0.381 e. The van der Waals surface area contributed by atoms with Crippen LogP contribution in [0.2, 0.25) is 0 Å². The summed E-state index contributed by atoms with van der Waals surface area (Å²) in [5.74, 6) is 3.94. The molecule has 2 aliphatic carbocycles. The predicted octanol–water partition coefficient (Wildman–Crippen LogP) is 5.99. The van der Waals surface area contributed by atoms with Gasteiger partial charge in [0.2, 0.25) is 0 Å². The maximum absolute atomic E-state index is 5.75. The second kappa shape index (κ2) is 9.66. The lowest BCUT2D eigenvalue weighted by atomic mass is 9.69. The topological polar surface area (TPSA) is 9.23 Å². The Morgan fingerprint density at radius 3 is 2.00 bits per heavy atom. The van der Waals surface area contributed by atoms with E-state index in [-0.39, 0.29) is 0 Å². The molecule has 0 aromatic rings. The molecule has 0 N–H and O–H groups in total. The molecular formula is C20H36O. The van der Waals surface area contributed by atoms with Gasteiger partial charge in [-0.15, -0.1) is 6.58 Å². The Labute approximate surface area is 132 Å². The van der Waals surface area contributed by atoms with Crippen LogP contribution in [0.1, 0.15) is 77.6 Å². The molecule has 0 amide bonds. The van der Waals surface area contributed by atoms with Gasteiger partial charge >= 0.3 is 0 Å². The highest BCUT2D eigenvalue weighted by molar-refractivity contribution is 4.82. The fraction of sp³-hybridized carbons (Fsp3) is 0.900. The molecule has 0 atom stereocenters. The van der Waals surface area contributed by atoms with E-state index >= 15 is 0 Å². The number of hydrogen-bond acceptors (Lipinski definition) is 1. The van der Waals surface area contributed by atoms with Gasteiger partial charge in [-0.3, -0.25) is 0 Å². The van der Waals surface area contributed by atoms with Crippen molar-refractivity contribution in [2.24, 2.45) is 23.7 Å². The van der Waals surface area contributed by atoms with Crippen molar-refractivity contribution in [1.29, 1.82) is 0 Å². The summed E-state index contributed by atoms with van der Waals surface area (Å²) >= 11 is 0. The summed E-state index contributed by atoms with van der Waals surface area (Å²) in [4.78, 5) is 0. The van der Waals surface area contributed by atoms with Gasteiger partial charge in [-0.05, 0) is 81.5 Å². The van der Waals surface area contributed by atoms with Crippen molar-refractivity contribution >= 4 is 0 Å². The molecule has 2 aliphatic rings. The zero-order valence-corrected chi connectivity index (χ0v) is 14.2. The first-order chi connectivity index (χ1) is 10.3. The normalized spacial score (nSPS) is 33.8. The van der Waals surface area contributed by atoms with Crippen molar-refractivity contribution < 1.29 is 4.74 Å². The lowest BCUT2D eigenvalue weighted by Gasteiger charge is -2.37. The van der Waals surface area contributed by atoms with E-state index in [1.54, 1.807) is 0 Å². The molecule has 0 aromatic carbocycles. The Kier molecular flexibility index (Phi) is 7.85. The molecule has 1 nitrogen and oxygen atoms in total. The Morgan fingerprint density at radius 2 is 1.48 bits per heavy atom. The fourth-order valence-electron chi connectivity index (χ4n) is 4.52. The summed E-state index contributed by atoms with van der Waals surface area (Å²) < 4.78 is 5.75. The van der Waals surface area contributed by atoms with Gasteiger partial charge in [-0.1, -0.05) is 25.8 Å². The van der Waals surface area contributed by atoms with Crippen LogP contribution in [0.5, 0.6) is 0 Å². The quantitative estimate of drug-likeness (QED) is 0.394. The molecule has 0 unspecified atom stereocenters. The summed E-state index contributed by atoms with van der Waals surface area (Å²) in [7, 11) is 0. The van der Waals surface area contributed by atoms with Crippen LogP contribution in [0, 0.1) is 23.7 Å². The van der Waals surface area contributed by atoms with Crippen molar-refractivity contribution in [1.82, 2.24) is 0 Å². The average Bonchev–Trinajstić information content (AvgIpc) is 2.54. The highest BCUT2D eigenvalue weighted by Gasteiger charge is 2.30. The van der Waals surface area contributed by atoms with Crippen LogP contribution >= 0.6 is 0 Å². The van der Waals surface area contributed by atoms with E-state index in [0.717, 1.165) is 43.3 Å². The second-order valence-electron chi connectivity index (χ2n) is 7.50. The van der Waals surface area contributed by atoms with Crippen molar-refractivity contribution in [3.8, 4) is 0 Å². The van der Waals surface area contributed by atoms with Crippen molar-refractivity contribution in [3.05, 3.63) is 12.7 Å². The van der Waals surface area contributed by atoms with E-state index in [0.29, 0.717) is 0 Å². The van der Waals surface area contributed by atoms with E-state index in [1.165, 1.54) is 64.2 Å². The van der Waals surface area contributed by atoms with Gasteiger partial charge in [-0.25, -0.2) is 0 Å². The zero-order chi connectivity index (χ0) is 14.9. The van der Waals surface area contributed by atoms with Gasteiger partial charge in [0.15, 0.2) is 0 Å². The predicted molar refractivity (Wildman–Crippen MR) is 91.4 cm³/mol. The van der Waals surface area contributed by atoms with Crippen LogP contribution in [0.15, 0.2) is 12.7 Å². The monoisotopic (exact) mass is 292 g/mol. The molecule has 0 aromatic heterocycles. The third-order valence-corrected chi connectivity index (χ3v) is 5.93. The lowest BCUT2D eigenvalue weighted by molar-refractivity contribution is 0.0649. The minimum atomic E-state index is 0.858. The van der Waals surface area contributed by atoms with Gasteiger partial charge in [0.05, 0.1) is 0 Å². The Hall–Kier alpha value is -0.300. The van der Waals surface area contributed by atoms with E-state index in [1.807, 2.05) is 0 Å². The van der Waals surface area contributed by atoms with E-state index in [9.17, 15) is 0 Å². The Bertz CT molecular complexity index is 270. The summed E-state index contributed by atoms with van der Waals surface area (Å²) in [5.41, 5.74) is 0. The van der Waals surface area contributed by atoms with Gasteiger partial charge in [0.25, 0.3) is 0 Å². The van der Waals surface area contributed by atoms with Crippen LogP contribution in [0.25, 0.3) is 0 Å². The lowest BCUT2D eigenvalue weighted by Crippen LogP contribution is -2.27. The maximum Gasteiger partial charge on any atom is 0.0494 e. The Morgan fingerprint density at radius 1 is 0.905 bits per heavy atom. The number of allylic oxidation sites excluding steroid dienone is 1. The molecule has 0 radical (unpaired) electrons. The Balaban J connectivity index is 1.61. The SMILES string of the molecule is C=CCC[C@H]1CC[C@H]([C@H]2CC[C@H](COCCC)CC2)CC1. The third kappa shape index (κ3) is 5.77. The van der Waals surface area contributed by atoms with Crippen molar-refractivity contribution in [2.45, 2.75) is 77.6 Å². The number of hydrogen-bond donors (Lipinski definition) is 0. The van der Waals surface area contributed by atoms with Crippen molar-refractivity contribution in [3.63, 3.8) is 0 Å². The fourth-order valence-corrected chi connectivity index (χ4v) is 4.52. The van der Waals surface area contributed by atoms with Gasteiger partial charge in [0, 0.05) is 13.2 Å². The first kappa shape index (κ1) is 17.1. The summed E-state index contributed by atoms with van der Waals surface area (Å²) in [6, 6.07) is 0. The third-order valence-electron chi connectivity index (χ3n) is 5.93. The van der Waals surface area contributed by atoms with Crippen LogP contribution in [0.3, 0.4) is 0 Å². The molecule has 2 saturated carbocycles. The van der Waals surface area contributed by atoms with Crippen LogP contribution in [-0.4, -0.2) is 13.2 Å². The van der Waals surface area contributed by atoms with Crippen LogP contribution in [0.4, 0.5) is 0 Å². The summed E-state index contributed by atoms with van der Waals surface area (Å²) in [5, 5.41) is 0. The molecule has 0 spiro atoms. The minimum absolute atomic E-state index is 0.858. The van der Waals surface area contributed by atoms with Gasteiger partial charge < -0.3 is 4.74 Å². The molecular weight excluding hydrogens is 256 g/mol. The van der Waals surface area contributed by atoms with E-state index in [2.05, 4.69) is 19.6 Å². The molecule has 0 bridgehead atoms. The smallest absolute Gasteiger partial charge is 0.0494 e. The van der Waals surface area contributed by atoms with Crippen LogP contribution < -0.4 is 0 Å². The average molecular weight is 293 g/mol. The highest BCUT2D eigenvalue weighted by Crippen LogP contribution is 2.42. The van der Waals surface area contributed by atoms with Gasteiger partial charge in [0.1, 0.15) is 0 Å². The molecule has 2 rings (SSSR count). The van der Waals surface area contributed by atoms with E-state index < -0.39 is 0 Å². The summed E-state index contributed by atoms with van der Waals surface area (Å²) in [6.07, 6.45) is 17.6. The number of ether oxygens (including phenoxy) is 1. The first-order valence-electron chi connectivity index (χ1n) is 9.52. The van der Waals surface area contributed by atoms with Crippen molar-refractivity contribution in [2.75, 3.05) is 13.2 Å². The summed E-state index contributed by atoms with van der Waals surface area (Å²) in [6.45, 7) is 8.03. The maximum atomic E-state index is 5.75.